The molecule has 0 fully saturated rings. The lowest BCUT2D eigenvalue weighted by Crippen LogP contribution is -2.16. The van der Waals surface area contributed by atoms with Crippen LogP contribution >= 0.6 is 0 Å². The molecule has 0 aliphatic rings. The topological polar surface area (TPSA) is 85.2 Å². The molecule has 1 aromatic heterocycles. The van der Waals surface area contributed by atoms with Crippen molar-refractivity contribution in [3.05, 3.63) is 72.1 Å². The molecule has 0 radical (unpaired) electrons. The third kappa shape index (κ3) is 5.44. The molecular formula is C22H24N4O3. The van der Waals surface area contributed by atoms with Crippen LogP contribution in [0.3, 0.4) is 0 Å². The molecule has 3 rings (SSSR count). The standard InChI is InChI=1S/C22H24N4O3/c1-3-29-22(28)25-20-11-7-10-19(16(20)2)24-21(27)13-12-17-14-23-26(15-17)18-8-5-4-6-9-18/h4-11,14-15H,3,12-13H2,1-2H3,(H,24,27)(H,25,28). The van der Waals surface area contributed by atoms with Crippen LogP contribution in [0.25, 0.3) is 5.69 Å². The highest BCUT2D eigenvalue weighted by Gasteiger charge is 2.11. The summed E-state index contributed by atoms with van der Waals surface area (Å²) in [6.45, 7) is 3.87. The van der Waals surface area contributed by atoms with E-state index in [0.29, 0.717) is 30.8 Å². The molecule has 29 heavy (non-hydrogen) atoms. The minimum Gasteiger partial charge on any atom is -0.450 e. The third-order valence-corrected chi connectivity index (χ3v) is 4.42. The molecule has 0 aliphatic carbocycles. The maximum Gasteiger partial charge on any atom is 0.411 e. The number of nitrogens with zero attached hydrogens (tertiary/aromatic N) is 2. The van der Waals surface area contributed by atoms with Gasteiger partial charge in [0.15, 0.2) is 0 Å². The van der Waals surface area contributed by atoms with E-state index < -0.39 is 6.09 Å². The maximum atomic E-state index is 12.4. The molecule has 3 aromatic rings. The van der Waals surface area contributed by atoms with E-state index in [1.165, 1.54) is 0 Å². The lowest BCUT2D eigenvalue weighted by atomic mass is 10.1. The lowest BCUT2D eigenvalue weighted by Gasteiger charge is -2.13. The Morgan fingerprint density at radius 1 is 1.03 bits per heavy atom. The first-order valence-electron chi connectivity index (χ1n) is 9.49. The molecule has 0 unspecified atom stereocenters. The maximum absolute atomic E-state index is 12.4. The zero-order valence-electron chi connectivity index (χ0n) is 16.5. The molecule has 0 atom stereocenters. The summed E-state index contributed by atoms with van der Waals surface area (Å²) in [5, 5.41) is 9.93. The first-order valence-corrected chi connectivity index (χ1v) is 9.49. The van der Waals surface area contributed by atoms with Crippen molar-refractivity contribution in [1.29, 1.82) is 0 Å². The second-order valence-corrected chi connectivity index (χ2v) is 6.50. The molecule has 150 valence electrons. The fourth-order valence-electron chi connectivity index (χ4n) is 2.87. The number of carbonyl (C=O) groups excluding carboxylic acids is 2. The van der Waals surface area contributed by atoms with Gasteiger partial charge < -0.3 is 10.1 Å². The van der Waals surface area contributed by atoms with E-state index in [0.717, 1.165) is 16.8 Å². The van der Waals surface area contributed by atoms with E-state index in [1.54, 1.807) is 36.0 Å². The number of nitrogens with one attached hydrogen (secondary N) is 2. The van der Waals surface area contributed by atoms with Crippen LogP contribution in [0, 0.1) is 6.92 Å². The average molecular weight is 392 g/mol. The van der Waals surface area contributed by atoms with Crippen LogP contribution in [0.5, 0.6) is 0 Å². The Morgan fingerprint density at radius 2 is 1.76 bits per heavy atom. The Bertz CT molecular complexity index is 983. The van der Waals surface area contributed by atoms with Crippen molar-refractivity contribution in [2.45, 2.75) is 26.7 Å². The van der Waals surface area contributed by atoms with Crippen LogP contribution in [0.4, 0.5) is 16.2 Å². The molecule has 7 nitrogen and oxygen atoms in total. The van der Waals surface area contributed by atoms with Gasteiger partial charge in [0, 0.05) is 24.0 Å². The zero-order valence-corrected chi connectivity index (χ0v) is 16.5. The van der Waals surface area contributed by atoms with Gasteiger partial charge in [0.25, 0.3) is 0 Å². The second kappa shape index (κ2) is 9.54. The fourth-order valence-corrected chi connectivity index (χ4v) is 2.87. The van der Waals surface area contributed by atoms with E-state index in [-0.39, 0.29) is 5.91 Å². The number of rotatable bonds is 7. The molecule has 1 heterocycles. The summed E-state index contributed by atoms with van der Waals surface area (Å²) in [4.78, 5) is 24.0. The quantitative estimate of drug-likeness (QED) is 0.627. The minimum absolute atomic E-state index is 0.103. The van der Waals surface area contributed by atoms with Crippen LogP contribution < -0.4 is 10.6 Å². The van der Waals surface area contributed by atoms with Crippen LogP contribution in [0.1, 0.15) is 24.5 Å². The summed E-state index contributed by atoms with van der Waals surface area (Å²) in [5.74, 6) is -0.103. The van der Waals surface area contributed by atoms with Crippen LogP contribution in [0.2, 0.25) is 0 Å². The van der Waals surface area contributed by atoms with Crippen molar-refractivity contribution in [3.8, 4) is 5.69 Å². The fraction of sp³-hybridized carbons (Fsp3) is 0.227. The number of aryl methyl sites for hydroxylation is 1. The Balaban J connectivity index is 1.57. The summed E-state index contributed by atoms with van der Waals surface area (Å²) in [7, 11) is 0. The van der Waals surface area contributed by atoms with Crippen molar-refractivity contribution >= 4 is 23.4 Å². The molecule has 7 heteroatoms. The van der Waals surface area contributed by atoms with E-state index in [9.17, 15) is 9.59 Å². The van der Waals surface area contributed by atoms with Crippen LogP contribution in [0.15, 0.2) is 60.9 Å². The Hall–Kier alpha value is -3.61. The number of hydrogen-bond acceptors (Lipinski definition) is 4. The number of para-hydroxylation sites is 1. The predicted molar refractivity (Wildman–Crippen MR) is 112 cm³/mol. The smallest absolute Gasteiger partial charge is 0.411 e. The SMILES string of the molecule is CCOC(=O)Nc1cccc(NC(=O)CCc2cnn(-c3ccccc3)c2)c1C. The Kier molecular flexibility index (Phi) is 6.63. The van der Waals surface area contributed by atoms with E-state index in [4.69, 9.17) is 4.74 Å². The monoisotopic (exact) mass is 392 g/mol. The van der Waals surface area contributed by atoms with E-state index >= 15 is 0 Å². The summed E-state index contributed by atoms with van der Waals surface area (Å²) in [5.41, 5.74) is 3.99. The number of amides is 2. The first kappa shape index (κ1) is 20.1. The zero-order chi connectivity index (χ0) is 20.6. The molecule has 0 aliphatic heterocycles. The van der Waals surface area contributed by atoms with Crippen molar-refractivity contribution in [2.75, 3.05) is 17.2 Å². The molecule has 0 bridgehead atoms. The molecule has 2 N–H and O–H groups in total. The van der Waals surface area contributed by atoms with Gasteiger partial charge in [-0.2, -0.15) is 5.10 Å². The highest BCUT2D eigenvalue weighted by atomic mass is 16.5. The average Bonchev–Trinajstić information content (AvgIpc) is 3.19. The molecule has 0 spiro atoms. The van der Waals surface area contributed by atoms with Gasteiger partial charge in [-0.15, -0.1) is 0 Å². The predicted octanol–water partition coefficient (Wildman–Crippen LogP) is 4.32. The summed E-state index contributed by atoms with van der Waals surface area (Å²) in [6, 6.07) is 15.2. The van der Waals surface area contributed by atoms with Crippen molar-refractivity contribution in [1.82, 2.24) is 9.78 Å². The Labute approximate surface area is 169 Å². The Morgan fingerprint density at radius 3 is 2.48 bits per heavy atom. The normalized spacial score (nSPS) is 10.4. The van der Waals surface area contributed by atoms with Gasteiger partial charge >= 0.3 is 6.09 Å². The lowest BCUT2D eigenvalue weighted by molar-refractivity contribution is -0.116. The second-order valence-electron chi connectivity index (χ2n) is 6.50. The van der Waals surface area contributed by atoms with Crippen LogP contribution in [-0.4, -0.2) is 28.4 Å². The van der Waals surface area contributed by atoms with Gasteiger partial charge in [-0.3, -0.25) is 10.1 Å². The number of hydrogen-bond donors (Lipinski definition) is 2. The molecule has 2 amide bonds. The van der Waals surface area contributed by atoms with E-state index in [2.05, 4.69) is 15.7 Å². The van der Waals surface area contributed by atoms with Crippen molar-refractivity contribution in [2.24, 2.45) is 0 Å². The summed E-state index contributed by atoms with van der Waals surface area (Å²) in [6.07, 6.45) is 4.09. The largest absolute Gasteiger partial charge is 0.450 e. The highest BCUT2D eigenvalue weighted by Crippen LogP contribution is 2.24. The van der Waals surface area contributed by atoms with Crippen molar-refractivity contribution < 1.29 is 14.3 Å². The number of carbonyl (C=O) groups is 2. The molecule has 0 saturated carbocycles. The molecule has 2 aromatic carbocycles. The van der Waals surface area contributed by atoms with Gasteiger partial charge in [-0.25, -0.2) is 9.48 Å². The molecule has 0 saturated heterocycles. The summed E-state index contributed by atoms with van der Waals surface area (Å²) < 4.78 is 6.69. The van der Waals surface area contributed by atoms with Gasteiger partial charge in [-0.1, -0.05) is 24.3 Å². The van der Waals surface area contributed by atoms with Crippen LogP contribution in [-0.2, 0) is 16.0 Å². The molecular weight excluding hydrogens is 368 g/mol. The van der Waals surface area contributed by atoms with E-state index in [1.807, 2.05) is 43.5 Å². The number of aromatic nitrogens is 2. The third-order valence-electron chi connectivity index (χ3n) is 4.42. The number of benzene rings is 2. The van der Waals surface area contributed by atoms with Gasteiger partial charge in [0.1, 0.15) is 0 Å². The van der Waals surface area contributed by atoms with Crippen molar-refractivity contribution in [3.63, 3.8) is 0 Å². The first-order chi connectivity index (χ1) is 14.1. The van der Waals surface area contributed by atoms with Gasteiger partial charge in [0.2, 0.25) is 5.91 Å². The van der Waals surface area contributed by atoms with Gasteiger partial charge in [0.05, 0.1) is 18.5 Å². The van der Waals surface area contributed by atoms with Gasteiger partial charge in [-0.05, 0) is 55.7 Å². The number of anilines is 2. The highest BCUT2D eigenvalue weighted by molar-refractivity contribution is 5.94. The minimum atomic E-state index is -0.519. The summed E-state index contributed by atoms with van der Waals surface area (Å²) >= 11 is 0. The number of ether oxygens (including phenoxy) is 1.